The number of hydrazone groups is 1. The van der Waals surface area contributed by atoms with Crippen LogP contribution in [-0.2, 0) is 19.5 Å². The van der Waals surface area contributed by atoms with Crippen molar-refractivity contribution in [2.75, 3.05) is 0 Å². The topological polar surface area (TPSA) is 94.4 Å². The second-order valence-corrected chi connectivity index (χ2v) is 3.66. The Labute approximate surface area is 129 Å². The predicted octanol–water partition coefficient (Wildman–Crippen LogP) is 1.71. The first-order chi connectivity index (χ1) is 8.77. The van der Waals surface area contributed by atoms with Crippen LogP contribution in [0.3, 0.4) is 0 Å². The fraction of sp³-hybridized carbons (Fsp3) is 0. The molecule has 6 heteroatoms. The number of carbonyl (C=O) groups excluding carboxylic acids is 1. The summed E-state index contributed by atoms with van der Waals surface area (Å²) in [6.45, 7) is 0. The minimum absolute atomic E-state index is 0. The number of carbonyl (C=O) groups is 1. The molecule has 2 rings (SSSR count). The molecule has 0 fully saturated rings. The molecule has 0 saturated heterocycles. The van der Waals surface area contributed by atoms with Crippen molar-refractivity contribution in [3.8, 4) is 5.75 Å². The Balaban J connectivity index is 0.00000180. The van der Waals surface area contributed by atoms with E-state index in [9.17, 15) is 4.79 Å². The van der Waals surface area contributed by atoms with Crippen LogP contribution < -0.4 is 5.43 Å². The molecule has 0 aliphatic rings. The van der Waals surface area contributed by atoms with E-state index in [1.165, 1.54) is 0 Å². The van der Waals surface area contributed by atoms with E-state index in [-0.39, 0.29) is 36.6 Å². The van der Waals surface area contributed by atoms with E-state index in [0.717, 1.165) is 5.56 Å². The van der Waals surface area contributed by atoms with E-state index in [2.05, 4.69) is 10.5 Å². The second-order valence-electron chi connectivity index (χ2n) is 3.66. The van der Waals surface area contributed by atoms with Crippen molar-refractivity contribution in [1.29, 1.82) is 0 Å². The van der Waals surface area contributed by atoms with Gasteiger partial charge < -0.3 is 10.6 Å². The third-order valence-electron chi connectivity index (χ3n) is 2.35. The van der Waals surface area contributed by atoms with Gasteiger partial charge in [0.15, 0.2) is 0 Å². The van der Waals surface area contributed by atoms with Crippen molar-refractivity contribution < 1.29 is 34.9 Å². The molecule has 0 radical (unpaired) electrons. The van der Waals surface area contributed by atoms with E-state index in [1.807, 2.05) is 30.3 Å². The van der Waals surface area contributed by atoms with Crippen LogP contribution in [0.15, 0.2) is 59.7 Å². The third kappa shape index (κ3) is 4.92. The molecule has 2 aromatic carbocycles. The van der Waals surface area contributed by atoms with Gasteiger partial charge in [0.25, 0.3) is 11.7 Å². The molecule has 5 nitrogen and oxygen atoms in total. The van der Waals surface area contributed by atoms with Crippen molar-refractivity contribution in [2.24, 2.45) is 5.10 Å². The smallest absolute Gasteiger partial charge is 0.870 e. The van der Waals surface area contributed by atoms with Crippen molar-refractivity contribution >= 4 is 12.1 Å². The molecule has 0 spiro atoms. The molecule has 0 atom stereocenters. The third-order valence-corrected chi connectivity index (χ3v) is 2.35. The zero-order valence-electron chi connectivity index (χ0n) is 10.8. The van der Waals surface area contributed by atoms with Crippen LogP contribution in [0.2, 0.25) is 0 Å². The molecule has 0 aliphatic carbocycles. The van der Waals surface area contributed by atoms with Crippen LogP contribution in [0.4, 0.5) is 0 Å². The Hall–Kier alpha value is -2.04. The molecule has 0 aromatic heterocycles. The molecule has 20 heavy (non-hydrogen) atoms. The van der Waals surface area contributed by atoms with Crippen molar-refractivity contribution in [3.05, 3.63) is 65.7 Å². The Morgan fingerprint density at radius 1 is 1.05 bits per heavy atom. The molecule has 0 bridgehead atoms. The summed E-state index contributed by atoms with van der Waals surface area (Å²) in [6.07, 6.45) is 1.56. The molecule has 0 aliphatic heterocycles. The largest absolute Gasteiger partial charge is 2.00 e. The van der Waals surface area contributed by atoms with Crippen LogP contribution in [0.1, 0.15) is 15.9 Å². The first-order valence-electron chi connectivity index (χ1n) is 5.46. The molecule has 4 N–H and O–H groups in total. The van der Waals surface area contributed by atoms with Gasteiger partial charge in [-0.3, -0.25) is 4.79 Å². The predicted molar refractivity (Wildman–Crippen MR) is 72.9 cm³/mol. The number of hydrogen-bond donors (Lipinski definition) is 1. The summed E-state index contributed by atoms with van der Waals surface area (Å²) in [5, 5.41) is 11.4. The number of amides is 1. The van der Waals surface area contributed by atoms with Crippen LogP contribution in [0.5, 0.6) is 5.75 Å². The summed E-state index contributed by atoms with van der Waals surface area (Å²) in [7, 11) is 0. The van der Waals surface area contributed by atoms with Gasteiger partial charge >= 0.3 is 19.5 Å². The van der Waals surface area contributed by atoms with Gasteiger partial charge in [-0.2, -0.15) is 5.10 Å². The van der Waals surface area contributed by atoms with Gasteiger partial charge in [0.05, 0.1) is 6.21 Å². The first kappa shape index (κ1) is 18.0. The van der Waals surface area contributed by atoms with Crippen LogP contribution in [0, 0.1) is 0 Å². The fourth-order valence-corrected chi connectivity index (χ4v) is 1.45. The minimum atomic E-state index is -0.382. The van der Waals surface area contributed by atoms with Crippen LogP contribution in [-0.4, -0.2) is 22.7 Å². The van der Waals surface area contributed by atoms with Gasteiger partial charge in [-0.15, -0.1) is 0 Å². The van der Waals surface area contributed by atoms with Crippen molar-refractivity contribution in [3.63, 3.8) is 0 Å². The van der Waals surface area contributed by atoms with Gasteiger partial charge in [-0.1, -0.05) is 42.5 Å². The summed E-state index contributed by atoms with van der Waals surface area (Å²) >= 11 is 0. The average Bonchev–Trinajstić information content (AvgIpc) is 2.40. The van der Waals surface area contributed by atoms with Gasteiger partial charge in [0, 0.05) is 6.07 Å². The Morgan fingerprint density at radius 2 is 1.65 bits per heavy atom. The first-order valence-corrected chi connectivity index (χ1v) is 5.46. The SMILES string of the molecule is O=C(NN=Cc1ccccc1)c1ccccc1[OH2+].[OH-].[Zn+2]. The van der Waals surface area contributed by atoms with Crippen LogP contribution in [0.25, 0.3) is 0 Å². The molecule has 0 heterocycles. The maximum atomic E-state index is 11.7. The standard InChI is InChI=1S/C14H12N2O2.H2O.Zn/c17-13-9-5-4-8-12(13)14(18)16-15-10-11-6-2-1-3-7-11;;/h1-10,17H,(H,16,18);1H2;/q;;+2. The zero-order chi connectivity index (χ0) is 12.8. The van der Waals surface area contributed by atoms with E-state index in [0.29, 0.717) is 5.56 Å². The Kier molecular flexibility index (Phi) is 8.05. The molecule has 1 amide bonds. The number of benzene rings is 2. The summed E-state index contributed by atoms with van der Waals surface area (Å²) in [6, 6.07) is 16.0. The number of rotatable bonds is 3. The van der Waals surface area contributed by atoms with Crippen molar-refractivity contribution in [1.82, 2.24) is 5.43 Å². The molecule has 98 valence electrons. The maximum Gasteiger partial charge on any atom is 2.00 e. The van der Waals surface area contributed by atoms with Crippen molar-refractivity contribution in [2.45, 2.75) is 0 Å². The fourth-order valence-electron chi connectivity index (χ4n) is 1.45. The summed E-state index contributed by atoms with van der Waals surface area (Å²) in [5.41, 5.74) is 3.61. The van der Waals surface area contributed by atoms with E-state index in [1.54, 1.807) is 30.5 Å². The van der Waals surface area contributed by atoms with E-state index >= 15 is 0 Å². The maximum absolute atomic E-state index is 11.7. The van der Waals surface area contributed by atoms with Gasteiger partial charge in [-0.05, 0) is 11.6 Å². The molecule has 2 aromatic rings. The summed E-state index contributed by atoms with van der Waals surface area (Å²) in [4.78, 5) is 11.7. The number of nitrogens with one attached hydrogen (secondary N) is 1. The minimum Gasteiger partial charge on any atom is -0.870 e. The molecule has 0 unspecified atom stereocenters. The van der Waals surface area contributed by atoms with E-state index in [4.69, 9.17) is 5.11 Å². The Bertz CT molecular complexity index is 574. The molecular formula is C14H14N2O3Zn+2. The average molecular weight is 324 g/mol. The quantitative estimate of drug-likeness (QED) is 0.403. The summed E-state index contributed by atoms with van der Waals surface area (Å²) in [5.74, 6) is -0.197. The second kappa shape index (κ2) is 8.96. The van der Waals surface area contributed by atoms with Crippen LogP contribution >= 0.6 is 0 Å². The number of nitrogens with zero attached hydrogens (tertiary/aromatic N) is 1. The van der Waals surface area contributed by atoms with Gasteiger partial charge in [0.1, 0.15) is 5.56 Å². The zero-order valence-corrected chi connectivity index (χ0v) is 13.8. The van der Waals surface area contributed by atoms with Gasteiger partial charge in [0.2, 0.25) is 0 Å². The van der Waals surface area contributed by atoms with Gasteiger partial charge in [-0.25, -0.2) is 5.43 Å². The normalized spacial score (nSPS) is 9.40. The Morgan fingerprint density at radius 3 is 2.30 bits per heavy atom. The molecule has 0 saturated carbocycles. The number of para-hydroxylation sites is 1. The van der Waals surface area contributed by atoms with E-state index < -0.39 is 0 Å². The number of hydrogen-bond acceptors (Lipinski definition) is 3. The molecular weight excluding hydrogens is 310 g/mol. The monoisotopic (exact) mass is 322 g/mol. The summed E-state index contributed by atoms with van der Waals surface area (Å²) < 4.78 is 0.